The third-order valence-electron chi connectivity index (χ3n) is 5.67. The second-order valence-corrected chi connectivity index (χ2v) is 7.81. The fourth-order valence-electron chi connectivity index (χ4n) is 4.39. The third kappa shape index (κ3) is 5.54. The molecule has 0 bridgehead atoms. The van der Waals surface area contributed by atoms with Crippen LogP contribution in [0.5, 0.6) is 0 Å². The van der Waals surface area contributed by atoms with Gasteiger partial charge in [0.15, 0.2) is 0 Å². The molecule has 1 aliphatic carbocycles. The number of hydrogen-bond acceptors (Lipinski definition) is 3. The van der Waals surface area contributed by atoms with Gasteiger partial charge in [0.2, 0.25) is 0 Å². The topological polar surface area (TPSA) is 18.5 Å². The zero-order valence-electron chi connectivity index (χ0n) is 14.8. The first-order valence-electron chi connectivity index (χ1n) is 9.19. The van der Waals surface area contributed by atoms with Crippen molar-refractivity contribution in [3.8, 4) is 0 Å². The summed E-state index contributed by atoms with van der Waals surface area (Å²) in [6.07, 6.45) is 6.97. The molecule has 1 saturated carbocycles. The van der Waals surface area contributed by atoms with Crippen molar-refractivity contribution in [1.82, 2.24) is 15.1 Å². The van der Waals surface area contributed by atoms with Gasteiger partial charge in [-0.15, -0.1) is 0 Å². The molecule has 3 atom stereocenters. The summed E-state index contributed by atoms with van der Waals surface area (Å²) in [7, 11) is 4.60. The Balaban J connectivity index is 1.77. The standard InChI is InChI=1S/C18H37N3/c1-5-19-18-7-6-15(2)12-17(18)14-21(4)13-16-8-10-20(3)11-9-16/h15-19H,5-14H2,1-4H3. The second kappa shape index (κ2) is 8.50. The van der Waals surface area contributed by atoms with E-state index in [1.807, 2.05) is 0 Å². The van der Waals surface area contributed by atoms with Crippen LogP contribution in [0.25, 0.3) is 0 Å². The number of hydrogen-bond donors (Lipinski definition) is 1. The molecule has 1 N–H and O–H groups in total. The van der Waals surface area contributed by atoms with Crippen molar-refractivity contribution in [2.24, 2.45) is 17.8 Å². The van der Waals surface area contributed by atoms with Gasteiger partial charge in [-0.05, 0) is 83.6 Å². The smallest absolute Gasteiger partial charge is 0.0108 e. The zero-order valence-corrected chi connectivity index (χ0v) is 14.8. The Kier molecular flexibility index (Phi) is 6.97. The van der Waals surface area contributed by atoms with Crippen LogP contribution in [0.2, 0.25) is 0 Å². The molecule has 124 valence electrons. The Morgan fingerprint density at radius 3 is 2.48 bits per heavy atom. The molecular weight excluding hydrogens is 258 g/mol. The van der Waals surface area contributed by atoms with E-state index in [-0.39, 0.29) is 0 Å². The minimum absolute atomic E-state index is 0.756. The van der Waals surface area contributed by atoms with Crippen LogP contribution in [-0.4, -0.2) is 62.7 Å². The van der Waals surface area contributed by atoms with E-state index in [0.717, 1.165) is 30.3 Å². The number of likely N-dealkylation sites (tertiary alicyclic amines) is 1. The average Bonchev–Trinajstić information content (AvgIpc) is 2.44. The summed E-state index contributed by atoms with van der Waals surface area (Å²) in [5.41, 5.74) is 0. The quantitative estimate of drug-likeness (QED) is 0.813. The van der Waals surface area contributed by atoms with Gasteiger partial charge in [0, 0.05) is 19.1 Å². The van der Waals surface area contributed by atoms with Crippen LogP contribution in [0, 0.1) is 17.8 Å². The number of nitrogens with zero attached hydrogens (tertiary/aromatic N) is 2. The first-order chi connectivity index (χ1) is 10.1. The highest BCUT2D eigenvalue weighted by molar-refractivity contribution is 4.85. The van der Waals surface area contributed by atoms with Crippen molar-refractivity contribution in [3.63, 3.8) is 0 Å². The largest absolute Gasteiger partial charge is 0.314 e. The highest BCUT2D eigenvalue weighted by Gasteiger charge is 2.29. The van der Waals surface area contributed by atoms with E-state index in [4.69, 9.17) is 0 Å². The fraction of sp³-hybridized carbons (Fsp3) is 1.00. The van der Waals surface area contributed by atoms with E-state index >= 15 is 0 Å². The van der Waals surface area contributed by atoms with Gasteiger partial charge in [-0.3, -0.25) is 0 Å². The highest BCUT2D eigenvalue weighted by atomic mass is 15.1. The Morgan fingerprint density at radius 1 is 1.10 bits per heavy atom. The van der Waals surface area contributed by atoms with Crippen LogP contribution in [0.3, 0.4) is 0 Å². The van der Waals surface area contributed by atoms with E-state index in [9.17, 15) is 0 Å². The van der Waals surface area contributed by atoms with E-state index < -0.39 is 0 Å². The number of piperidine rings is 1. The van der Waals surface area contributed by atoms with Gasteiger partial charge in [-0.25, -0.2) is 0 Å². The molecule has 2 aliphatic rings. The molecule has 1 aliphatic heterocycles. The van der Waals surface area contributed by atoms with Gasteiger partial charge < -0.3 is 15.1 Å². The fourth-order valence-corrected chi connectivity index (χ4v) is 4.39. The van der Waals surface area contributed by atoms with Crippen molar-refractivity contribution in [1.29, 1.82) is 0 Å². The molecule has 21 heavy (non-hydrogen) atoms. The maximum atomic E-state index is 3.74. The first kappa shape index (κ1) is 17.2. The molecule has 2 fully saturated rings. The normalized spacial score (nSPS) is 32.7. The summed E-state index contributed by atoms with van der Waals surface area (Å²) in [5, 5.41) is 3.74. The summed E-state index contributed by atoms with van der Waals surface area (Å²) in [6.45, 7) is 11.0. The lowest BCUT2D eigenvalue weighted by Crippen LogP contribution is -2.46. The van der Waals surface area contributed by atoms with E-state index in [0.29, 0.717) is 0 Å². The van der Waals surface area contributed by atoms with Crippen molar-refractivity contribution in [2.75, 3.05) is 46.8 Å². The maximum absolute atomic E-state index is 3.74. The summed E-state index contributed by atoms with van der Waals surface area (Å²) >= 11 is 0. The maximum Gasteiger partial charge on any atom is 0.0108 e. The SMILES string of the molecule is CCNC1CCC(C)CC1CN(C)CC1CCN(C)CC1. The zero-order chi connectivity index (χ0) is 15.2. The van der Waals surface area contributed by atoms with Gasteiger partial charge in [-0.1, -0.05) is 13.8 Å². The van der Waals surface area contributed by atoms with E-state index in [2.05, 4.69) is 43.1 Å². The van der Waals surface area contributed by atoms with Gasteiger partial charge >= 0.3 is 0 Å². The summed E-state index contributed by atoms with van der Waals surface area (Å²) in [4.78, 5) is 5.10. The van der Waals surface area contributed by atoms with Crippen LogP contribution in [-0.2, 0) is 0 Å². The Bertz CT molecular complexity index is 286. The molecule has 1 saturated heterocycles. The Hall–Kier alpha value is -0.120. The van der Waals surface area contributed by atoms with Crippen molar-refractivity contribution in [3.05, 3.63) is 0 Å². The first-order valence-corrected chi connectivity index (χ1v) is 9.19. The molecule has 0 aromatic carbocycles. The van der Waals surface area contributed by atoms with Crippen LogP contribution in [0.15, 0.2) is 0 Å². The molecule has 3 unspecified atom stereocenters. The second-order valence-electron chi connectivity index (χ2n) is 7.81. The average molecular weight is 296 g/mol. The monoisotopic (exact) mass is 295 g/mol. The lowest BCUT2D eigenvalue weighted by Gasteiger charge is -2.39. The molecule has 3 heteroatoms. The minimum Gasteiger partial charge on any atom is -0.314 e. The van der Waals surface area contributed by atoms with E-state index in [1.54, 1.807) is 0 Å². The van der Waals surface area contributed by atoms with Gasteiger partial charge in [0.1, 0.15) is 0 Å². The third-order valence-corrected chi connectivity index (χ3v) is 5.67. The molecule has 0 aromatic heterocycles. The van der Waals surface area contributed by atoms with Gasteiger partial charge in [-0.2, -0.15) is 0 Å². The predicted molar refractivity (Wildman–Crippen MR) is 91.7 cm³/mol. The molecule has 0 amide bonds. The Labute approximate surface area is 132 Å². The van der Waals surface area contributed by atoms with Crippen molar-refractivity contribution < 1.29 is 0 Å². The molecule has 2 rings (SSSR count). The molecular formula is C18H37N3. The lowest BCUT2D eigenvalue weighted by molar-refractivity contribution is 0.130. The van der Waals surface area contributed by atoms with Crippen LogP contribution >= 0.6 is 0 Å². The predicted octanol–water partition coefficient (Wildman–Crippen LogP) is 2.67. The van der Waals surface area contributed by atoms with Crippen LogP contribution < -0.4 is 5.32 Å². The van der Waals surface area contributed by atoms with Gasteiger partial charge in [0.05, 0.1) is 0 Å². The molecule has 0 aromatic rings. The molecule has 0 spiro atoms. The summed E-state index contributed by atoms with van der Waals surface area (Å²) < 4.78 is 0. The summed E-state index contributed by atoms with van der Waals surface area (Å²) in [5.74, 6) is 2.69. The van der Waals surface area contributed by atoms with Crippen LogP contribution in [0.1, 0.15) is 46.0 Å². The molecule has 0 radical (unpaired) electrons. The molecule has 1 heterocycles. The van der Waals surface area contributed by atoms with Crippen LogP contribution in [0.4, 0.5) is 0 Å². The van der Waals surface area contributed by atoms with Crippen molar-refractivity contribution >= 4 is 0 Å². The lowest BCUT2D eigenvalue weighted by atomic mass is 9.78. The minimum atomic E-state index is 0.756. The van der Waals surface area contributed by atoms with Crippen molar-refractivity contribution in [2.45, 2.75) is 52.0 Å². The number of nitrogens with one attached hydrogen (secondary N) is 1. The highest BCUT2D eigenvalue weighted by Crippen LogP contribution is 2.30. The Morgan fingerprint density at radius 2 is 1.81 bits per heavy atom. The molecule has 3 nitrogen and oxygen atoms in total. The summed E-state index contributed by atoms with van der Waals surface area (Å²) in [6, 6.07) is 0.756. The van der Waals surface area contributed by atoms with Gasteiger partial charge in [0.25, 0.3) is 0 Å². The van der Waals surface area contributed by atoms with E-state index in [1.165, 1.54) is 58.3 Å². The number of rotatable bonds is 6.